The topological polar surface area (TPSA) is 83.1 Å². The van der Waals surface area contributed by atoms with Crippen LogP contribution in [-0.2, 0) is 5.41 Å². The van der Waals surface area contributed by atoms with E-state index < -0.39 is 0 Å². The molecule has 0 saturated carbocycles. The molecule has 2 aromatic carbocycles. The van der Waals surface area contributed by atoms with E-state index in [-0.39, 0.29) is 11.2 Å². The maximum absolute atomic E-state index is 9.63. The molecule has 4 aromatic rings. The molecule has 28 heavy (non-hydrogen) atoms. The average Bonchev–Trinajstić information content (AvgIpc) is 3.04. The number of nitrogens with one attached hydrogen (secondary N) is 2. The van der Waals surface area contributed by atoms with Crippen LogP contribution in [0.15, 0.2) is 60.8 Å². The van der Waals surface area contributed by atoms with Crippen molar-refractivity contribution in [3.05, 3.63) is 66.4 Å². The SMILES string of the molecule is CC(C)(C)c1ccccc1Oc1ncccc1Nc1nc2ccc(O)cc2[nH]1. The highest BCUT2D eigenvalue weighted by molar-refractivity contribution is 5.80. The van der Waals surface area contributed by atoms with Gasteiger partial charge in [0.15, 0.2) is 0 Å². The molecule has 142 valence electrons. The number of phenolic OH excluding ortho intramolecular Hbond substituents is 1. The number of rotatable bonds is 4. The Hall–Kier alpha value is -3.54. The van der Waals surface area contributed by atoms with E-state index in [1.54, 1.807) is 24.4 Å². The molecule has 6 heteroatoms. The van der Waals surface area contributed by atoms with Crippen LogP contribution in [0.25, 0.3) is 11.0 Å². The lowest BCUT2D eigenvalue weighted by molar-refractivity contribution is 0.442. The molecule has 2 aromatic heterocycles. The number of fused-ring (bicyclic) bond motifs is 1. The molecule has 0 aliphatic rings. The van der Waals surface area contributed by atoms with Gasteiger partial charge in [0.25, 0.3) is 0 Å². The Kier molecular flexibility index (Phi) is 4.39. The summed E-state index contributed by atoms with van der Waals surface area (Å²) in [6.45, 7) is 6.45. The average molecular weight is 374 g/mol. The fraction of sp³-hybridized carbons (Fsp3) is 0.182. The van der Waals surface area contributed by atoms with Gasteiger partial charge in [-0.15, -0.1) is 0 Å². The summed E-state index contributed by atoms with van der Waals surface area (Å²) in [4.78, 5) is 12.0. The Bertz CT molecular complexity index is 1130. The molecule has 3 N–H and O–H groups in total. The highest BCUT2D eigenvalue weighted by Gasteiger charge is 2.20. The second-order valence-corrected chi connectivity index (χ2v) is 7.62. The molecule has 6 nitrogen and oxygen atoms in total. The predicted octanol–water partition coefficient (Wildman–Crippen LogP) is 5.50. The van der Waals surface area contributed by atoms with Crippen LogP contribution in [0.1, 0.15) is 26.3 Å². The fourth-order valence-corrected chi connectivity index (χ4v) is 3.03. The first kappa shape index (κ1) is 17.9. The minimum Gasteiger partial charge on any atom is -0.508 e. The number of phenols is 1. The number of H-pyrrole nitrogens is 1. The predicted molar refractivity (Wildman–Crippen MR) is 110 cm³/mol. The zero-order valence-corrected chi connectivity index (χ0v) is 16.0. The molecule has 0 spiro atoms. The Morgan fingerprint density at radius 1 is 1.04 bits per heavy atom. The molecule has 0 saturated heterocycles. The van der Waals surface area contributed by atoms with Gasteiger partial charge < -0.3 is 20.1 Å². The van der Waals surface area contributed by atoms with E-state index in [0.29, 0.717) is 17.5 Å². The molecule has 0 aliphatic carbocycles. The van der Waals surface area contributed by atoms with Gasteiger partial charge >= 0.3 is 0 Å². The number of hydrogen-bond donors (Lipinski definition) is 3. The Morgan fingerprint density at radius 2 is 1.86 bits per heavy atom. The molecule has 0 unspecified atom stereocenters. The Morgan fingerprint density at radius 3 is 2.68 bits per heavy atom. The molecule has 0 atom stereocenters. The zero-order valence-electron chi connectivity index (χ0n) is 16.0. The summed E-state index contributed by atoms with van der Waals surface area (Å²) in [5.74, 6) is 1.96. The number of imidazole rings is 1. The van der Waals surface area contributed by atoms with Gasteiger partial charge in [-0.05, 0) is 35.7 Å². The number of hydrogen-bond acceptors (Lipinski definition) is 5. The van der Waals surface area contributed by atoms with Gasteiger partial charge in [0, 0.05) is 17.8 Å². The van der Waals surface area contributed by atoms with Crippen LogP contribution in [0.5, 0.6) is 17.4 Å². The summed E-state index contributed by atoms with van der Waals surface area (Å²) >= 11 is 0. The lowest BCUT2D eigenvalue weighted by Gasteiger charge is -2.22. The summed E-state index contributed by atoms with van der Waals surface area (Å²) in [6.07, 6.45) is 1.69. The molecule has 0 fully saturated rings. The van der Waals surface area contributed by atoms with Crippen molar-refractivity contribution in [2.45, 2.75) is 26.2 Å². The molecule has 2 heterocycles. The first-order valence-electron chi connectivity index (χ1n) is 9.08. The quantitative estimate of drug-likeness (QED) is 0.439. The molecule has 0 amide bonds. The number of aromatic amines is 1. The minimum atomic E-state index is -0.0559. The van der Waals surface area contributed by atoms with Crippen molar-refractivity contribution in [3.8, 4) is 17.4 Å². The highest BCUT2D eigenvalue weighted by atomic mass is 16.5. The first-order chi connectivity index (χ1) is 13.4. The number of para-hydroxylation sites is 1. The van der Waals surface area contributed by atoms with Crippen molar-refractivity contribution < 1.29 is 9.84 Å². The van der Waals surface area contributed by atoms with Crippen LogP contribution in [0.2, 0.25) is 0 Å². The van der Waals surface area contributed by atoms with E-state index in [1.165, 1.54) is 0 Å². The van der Waals surface area contributed by atoms with Crippen molar-refractivity contribution in [2.24, 2.45) is 0 Å². The molecule has 0 aliphatic heterocycles. The summed E-state index contributed by atoms with van der Waals surface area (Å²) in [5.41, 5.74) is 3.23. The van der Waals surface area contributed by atoms with Crippen molar-refractivity contribution in [3.63, 3.8) is 0 Å². The third-order valence-corrected chi connectivity index (χ3v) is 4.39. The highest BCUT2D eigenvalue weighted by Crippen LogP contribution is 2.36. The number of benzene rings is 2. The lowest BCUT2D eigenvalue weighted by Crippen LogP contribution is -2.12. The van der Waals surface area contributed by atoms with Crippen molar-refractivity contribution in [2.75, 3.05) is 5.32 Å². The van der Waals surface area contributed by atoms with E-state index in [2.05, 4.69) is 47.1 Å². The van der Waals surface area contributed by atoms with Gasteiger partial charge in [0.1, 0.15) is 17.2 Å². The monoisotopic (exact) mass is 374 g/mol. The van der Waals surface area contributed by atoms with Gasteiger partial charge in [-0.1, -0.05) is 39.0 Å². The second-order valence-electron chi connectivity index (χ2n) is 7.62. The van der Waals surface area contributed by atoms with Crippen LogP contribution in [0.3, 0.4) is 0 Å². The summed E-state index contributed by atoms with van der Waals surface area (Å²) in [6, 6.07) is 16.7. The van der Waals surface area contributed by atoms with Crippen LogP contribution in [-0.4, -0.2) is 20.1 Å². The third-order valence-electron chi connectivity index (χ3n) is 4.39. The number of ether oxygens (including phenoxy) is 1. The summed E-state index contributed by atoms with van der Waals surface area (Å²) in [7, 11) is 0. The summed E-state index contributed by atoms with van der Waals surface area (Å²) < 4.78 is 6.18. The largest absolute Gasteiger partial charge is 0.508 e. The van der Waals surface area contributed by atoms with Crippen LogP contribution in [0, 0.1) is 0 Å². The first-order valence-corrected chi connectivity index (χ1v) is 9.08. The van der Waals surface area contributed by atoms with Crippen molar-refractivity contribution >= 4 is 22.7 Å². The van der Waals surface area contributed by atoms with E-state index >= 15 is 0 Å². The molecular weight excluding hydrogens is 352 g/mol. The van der Waals surface area contributed by atoms with Crippen LogP contribution < -0.4 is 10.1 Å². The van der Waals surface area contributed by atoms with E-state index in [9.17, 15) is 5.11 Å². The maximum atomic E-state index is 9.63. The zero-order chi connectivity index (χ0) is 19.7. The fourth-order valence-electron chi connectivity index (χ4n) is 3.03. The number of anilines is 2. The normalized spacial score (nSPS) is 11.5. The van der Waals surface area contributed by atoms with Crippen LogP contribution in [0.4, 0.5) is 11.6 Å². The van der Waals surface area contributed by atoms with Gasteiger partial charge in [0.2, 0.25) is 11.8 Å². The molecular formula is C22H22N4O2. The molecule has 0 radical (unpaired) electrons. The van der Waals surface area contributed by atoms with E-state index in [0.717, 1.165) is 22.3 Å². The smallest absolute Gasteiger partial charge is 0.243 e. The standard InChI is InChI=1S/C22H22N4O2/c1-22(2,3)15-7-4-5-9-19(15)28-20-17(8-6-12-23-20)25-21-24-16-11-10-14(27)13-18(16)26-21/h4-13,27H,1-3H3,(H2,24,25,26). The number of aromatic hydroxyl groups is 1. The van der Waals surface area contributed by atoms with Crippen LogP contribution >= 0.6 is 0 Å². The Balaban J connectivity index is 1.66. The van der Waals surface area contributed by atoms with Gasteiger partial charge in [-0.25, -0.2) is 9.97 Å². The summed E-state index contributed by atoms with van der Waals surface area (Å²) in [5, 5.41) is 12.9. The van der Waals surface area contributed by atoms with Gasteiger partial charge in [-0.2, -0.15) is 0 Å². The van der Waals surface area contributed by atoms with E-state index in [1.807, 2.05) is 30.3 Å². The molecule has 4 rings (SSSR count). The number of pyridine rings is 1. The number of nitrogens with zero attached hydrogens (tertiary/aromatic N) is 2. The third kappa shape index (κ3) is 3.62. The maximum Gasteiger partial charge on any atom is 0.243 e. The van der Waals surface area contributed by atoms with Gasteiger partial charge in [-0.3, -0.25) is 0 Å². The minimum absolute atomic E-state index is 0.0559. The number of aromatic nitrogens is 3. The molecule has 0 bridgehead atoms. The van der Waals surface area contributed by atoms with Gasteiger partial charge in [0.05, 0.1) is 11.0 Å². The van der Waals surface area contributed by atoms with Crippen molar-refractivity contribution in [1.29, 1.82) is 0 Å². The Labute approximate surface area is 163 Å². The van der Waals surface area contributed by atoms with E-state index in [4.69, 9.17) is 4.74 Å². The van der Waals surface area contributed by atoms with Crippen molar-refractivity contribution in [1.82, 2.24) is 15.0 Å². The second kappa shape index (κ2) is 6.88. The lowest BCUT2D eigenvalue weighted by atomic mass is 9.86.